The highest BCUT2D eigenvalue weighted by atomic mass is 35.5. The van der Waals surface area contributed by atoms with Gasteiger partial charge in [-0.15, -0.1) is 0 Å². The molecular formula is C11H12ClN3. The molecule has 78 valence electrons. The Bertz CT molecular complexity index is 508. The van der Waals surface area contributed by atoms with Crippen molar-refractivity contribution in [1.29, 1.82) is 0 Å². The molecule has 0 saturated heterocycles. The molecule has 15 heavy (non-hydrogen) atoms. The summed E-state index contributed by atoms with van der Waals surface area (Å²) in [7, 11) is 0. The average molecular weight is 222 g/mol. The molecular weight excluding hydrogens is 210 g/mol. The van der Waals surface area contributed by atoms with Crippen LogP contribution in [0.2, 0.25) is 5.28 Å². The Morgan fingerprint density at radius 3 is 2.73 bits per heavy atom. The van der Waals surface area contributed by atoms with Crippen molar-refractivity contribution < 1.29 is 0 Å². The SMILES string of the molecule is Cc1cccc2c(C(C)N)nc(Cl)nc12. The number of fused-ring (bicyclic) bond motifs is 1. The van der Waals surface area contributed by atoms with E-state index in [1.807, 2.05) is 32.0 Å². The summed E-state index contributed by atoms with van der Waals surface area (Å²) in [6.07, 6.45) is 0. The Kier molecular flexibility index (Phi) is 2.59. The van der Waals surface area contributed by atoms with Gasteiger partial charge >= 0.3 is 0 Å². The van der Waals surface area contributed by atoms with Crippen molar-refractivity contribution in [2.45, 2.75) is 19.9 Å². The van der Waals surface area contributed by atoms with Crippen molar-refractivity contribution in [3.05, 3.63) is 34.7 Å². The zero-order valence-electron chi connectivity index (χ0n) is 8.66. The van der Waals surface area contributed by atoms with Gasteiger partial charge in [-0.3, -0.25) is 0 Å². The molecule has 2 N–H and O–H groups in total. The van der Waals surface area contributed by atoms with Crippen LogP contribution in [-0.2, 0) is 0 Å². The minimum absolute atomic E-state index is 0.144. The minimum Gasteiger partial charge on any atom is -0.323 e. The Morgan fingerprint density at radius 2 is 2.07 bits per heavy atom. The number of nitrogens with two attached hydrogens (primary N) is 1. The lowest BCUT2D eigenvalue weighted by molar-refractivity contribution is 0.787. The Balaban J connectivity index is 2.86. The molecule has 4 heteroatoms. The first-order chi connectivity index (χ1) is 7.09. The molecule has 0 amide bonds. The van der Waals surface area contributed by atoms with E-state index < -0.39 is 0 Å². The molecule has 1 aromatic heterocycles. The van der Waals surface area contributed by atoms with Crippen LogP contribution in [0.5, 0.6) is 0 Å². The monoisotopic (exact) mass is 221 g/mol. The van der Waals surface area contributed by atoms with Gasteiger partial charge in [0.1, 0.15) is 0 Å². The zero-order valence-corrected chi connectivity index (χ0v) is 9.42. The van der Waals surface area contributed by atoms with Crippen LogP contribution in [0, 0.1) is 6.92 Å². The predicted octanol–water partition coefficient (Wildman–Crippen LogP) is 2.61. The fourth-order valence-corrected chi connectivity index (χ4v) is 1.81. The van der Waals surface area contributed by atoms with Crippen molar-refractivity contribution in [1.82, 2.24) is 9.97 Å². The summed E-state index contributed by atoms with van der Waals surface area (Å²) < 4.78 is 0. The molecule has 1 unspecified atom stereocenters. The molecule has 0 aliphatic carbocycles. The van der Waals surface area contributed by atoms with Crippen molar-refractivity contribution >= 4 is 22.5 Å². The van der Waals surface area contributed by atoms with E-state index in [2.05, 4.69) is 9.97 Å². The van der Waals surface area contributed by atoms with Gasteiger partial charge in [-0.2, -0.15) is 0 Å². The van der Waals surface area contributed by atoms with Crippen LogP contribution >= 0.6 is 11.6 Å². The van der Waals surface area contributed by atoms with Gasteiger partial charge in [-0.05, 0) is 31.0 Å². The Hall–Kier alpha value is -1.19. The standard InChI is InChI=1S/C11H12ClN3/c1-6-4-3-5-8-9(6)14-11(12)15-10(8)7(2)13/h3-5,7H,13H2,1-2H3. The lowest BCUT2D eigenvalue weighted by Crippen LogP contribution is -2.09. The van der Waals surface area contributed by atoms with Gasteiger partial charge in [0.15, 0.2) is 0 Å². The molecule has 0 fully saturated rings. The highest BCUT2D eigenvalue weighted by Gasteiger charge is 2.10. The van der Waals surface area contributed by atoms with Gasteiger partial charge in [-0.1, -0.05) is 18.2 Å². The van der Waals surface area contributed by atoms with E-state index >= 15 is 0 Å². The lowest BCUT2D eigenvalue weighted by Gasteiger charge is -2.10. The number of hydrogen-bond acceptors (Lipinski definition) is 3. The van der Waals surface area contributed by atoms with Gasteiger partial charge in [0.2, 0.25) is 5.28 Å². The fraction of sp³-hybridized carbons (Fsp3) is 0.273. The molecule has 2 rings (SSSR count). The predicted molar refractivity (Wildman–Crippen MR) is 61.9 cm³/mol. The van der Waals surface area contributed by atoms with Crippen molar-refractivity contribution in [3.63, 3.8) is 0 Å². The van der Waals surface area contributed by atoms with Crippen molar-refractivity contribution in [2.24, 2.45) is 5.73 Å². The van der Waals surface area contributed by atoms with Gasteiger partial charge in [0.05, 0.1) is 11.2 Å². The van der Waals surface area contributed by atoms with Crippen LogP contribution in [0.1, 0.15) is 24.2 Å². The molecule has 0 aliphatic heterocycles. The van der Waals surface area contributed by atoms with Crippen LogP contribution in [0.15, 0.2) is 18.2 Å². The third-order valence-electron chi connectivity index (χ3n) is 2.36. The van der Waals surface area contributed by atoms with Crippen molar-refractivity contribution in [2.75, 3.05) is 0 Å². The van der Waals surface area contributed by atoms with Gasteiger partial charge in [0, 0.05) is 11.4 Å². The number of rotatable bonds is 1. The van der Waals surface area contributed by atoms with Crippen LogP contribution in [-0.4, -0.2) is 9.97 Å². The second kappa shape index (κ2) is 3.76. The molecule has 2 aromatic rings. The molecule has 0 radical (unpaired) electrons. The van der Waals surface area contributed by atoms with E-state index in [0.29, 0.717) is 0 Å². The number of aromatic nitrogens is 2. The van der Waals surface area contributed by atoms with Gasteiger partial charge in [-0.25, -0.2) is 9.97 Å². The zero-order chi connectivity index (χ0) is 11.0. The highest BCUT2D eigenvalue weighted by molar-refractivity contribution is 6.28. The first-order valence-corrected chi connectivity index (χ1v) is 5.15. The molecule has 1 heterocycles. The largest absolute Gasteiger partial charge is 0.323 e. The first-order valence-electron chi connectivity index (χ1n) is 4.78. The lowest BCUT2D eigenvalue weighted by atomic mass is 10.1. The van der Waals surface area contributed by atoms with Crippen LogP contribution < -0.4 is 5.73 Å². The highest BCUT2D eigenvalue weighted by Crippen LogP contribution is 2.23. The quantitative estimate of drug-likeness (QED) is 0.754. The second-order valence-electron chi connectivity index (χ2n) is 3.64. The van der Waals surface area contributed by atoms with E-state index in [1.165, 1.54) is 0 Å². The number of halogens is 1. The smallest absolute Gasteiger partial charge is 0.223 e. The van der Waals surface area contributed by atoms with Crippen LogP contribution in [0.25, 0.3) is 10.9 Å². The molecule has 0 saturated carbocycles. The normalized spacial score (nSPS) is 13.1. The summed E-state index contributed by atoms with van der Waals surface area (Å²) in [5.41, 5.74) is 8.61. The Labute approximate surface area is 93.3 Å². The number of benzene rings is 1. The van der Waals surface area contributed by atoms with Gasteiger partial charge < -0.3 is 5.73 Å². The number of para-hydroxylation sites is 1. The van der Waals surface area contributed by atoms with E-state index in [1.54, 1.807) is 0 Å². The number of nitrogens with zero attached hydrogens (tertiary/aromatic N) is 2. The summed E-state index contributed by atoms with van der Waals surface area (Å²) in [4.78, 5) is 8.39. The third-order valence-corrected chi connectivity index (χ3v) is 2.53. The second-order valence-corrected chi connectivity index (χ2v) is 3.98. The summed E-state index contributed by atoms with van der Waals surface area (Å²) in [6.45, 7) is 3.89. The van der Waals surface area contributed by atoms with E-state index in [0.717, 1.165) is 22.2 Å². The summed E-state index contributed by atoms with van der Waals surface area (Å²) >= 11 is 5.86. The number of hydrogen-bond donors (Lipinski definition) is 1. The molecule has 3 nitrogen and oxygen atoms in total. The summed E-state index contributed by atoms with van der Waals surface area (Å²) in [5.74, 6) is 0. The maximum absolute atomic E-state index is 5.86. The summed E-state index contributed by atoms with van der Waals surface area (Å²) in [6, 6.07) is 5.80. The average Bonchev–Trinajstić information content (AvgIpc) is 2.18. The summed E-state index contributed by atoms with van der Waals surface area (Å²) in [5, 5.41) is 1.23. The molecule has 0 spiro atoms. The number of aryl methyl sites for hydroxylation is 1. The van der Waals surface area contributed by atoms with Crippen LogP contribution in [0.4, 0.5) is 0 Å². The van der Waals surface area contributed by atoms with E-state index in [4.69, 9.17) is 17.3 Å². The maximum atomic E-state index is 5.86. The van der Waals surface area contributed by atoms with E-state index in [9.17, 15) is 0 Å². The minimum atomic E-state index is -0.144. The maximum Gasteiger partial charge on any atom is 0.223 e. The molecule has 1 atom stereocenters. The molecule has 0 bridgehead atoms. The topological polar surface area (TPSA) is 51.8 Å². The third kappa shape index (κ3) is 1.80. The van der Waals surface area contributed by atoms with Gasteiger partial charge in [0.25, 0.3) is 0 Å². The van der Waals surface area contributed by atoms with E-state index in [-0.39, 0.29) is 11.3 Å². The Morgan fingerprint density at radius 1 is 1.33 bits per heavy atom. The molecule has 1 aromatic carbocycles. The van der Waals surface area contributed by atoms with Crippen LogP contribution in [0.3, 0.4) is 0 Å². The van der Waals surface area contributed by atoms with Crippen molar-refractivity contribution in [3.8, 4) is 0 Å². The fourth-order valence-electron chi connectivity index (χ4n) is 1.64. The molecule has 0 aliphatic rings. The first kappa shape index (κ1) is 10.3.